The van der Waals surface area contributed by atoms with Crippen molar-refractivity contribution in [2.45, 2.75) is 38.0 Å². The van der Waals surface area contributed by atoms with Gasteiger partial charge in [0.1, 0.15) is 0 Å². The van der Waals surface area contributed by atoms with Crippen LogP contribution in [0.5, 0.6) is 0 Å². The van der Waals surface area contributed by atoms with Gasteiger partial charge in [-0.3, -0.25) is 19.7 Å². The van der Waals surface area contributed by atoms with Gasteiger partial charge in [-0.15, -0.1) is 0 Å². The first-order chi connectivity index (χ1) is 13.4. The highest BCUT2D eigenvalue weighted by Gasteiger charge is 2.44. The van der Waals surface area contributed by atoms with E-state index in [1.807, 2.05) is 30.3 Å². The summed E-state index contributed by atoms with van der Waals surface area (Å²) in [6.45, 7) is 1.27. The molecule has 1 saturated carbocycles. The van der Waals surface area contributed by atoms with E-state index in [1.54, 1.807) is 6.92 Å². The van der Waals surface area contributed by atoms with Crippen molar-refractivity contribution in [2.24, 2.45) is 0 Å². The first-order valence-electron chi connectivity index (χ1n) is 9.20. The van der Waals surface area contributed by atoms with E-state index in [2.05, 4.69) is 5.32 Å². The molecule has 7 heteroatoms. The second kappa shape index (κ2) is 8.21. The molecule has 1 aliphatic carbocycles. The average molecular weight is 382 g/mol. The standard InChI is InChI=1S/C21H22N2O5/c1-15-13-17(23(26)27)9-10-18(15)22-19(24)14-28-20(25)21(11-5-6-12-21)16-7-3-2-4-8-16/h2-4,7-10,13H,5-6,11-12,14H2,1H3,(H,22,24). The zero-order chi connectivity index (χ0) is 20.1. The van der Waals surface area contributed by atoms with E-state index < -0.39 is 22.9 Å². The fraction of sp³-hybridized carbons (Fsp3) is 0.333. The number of carbonyl (C=O) groups excluding carboxylic acids is 2. The predicted octanol–water partition coefficient (Wildman–Crippen LogP) is 3.90. The molecule has 0 atom stereocenters. The Morgan fingerprint density at radius 2 is 1.82 bits per heavy atom. The van der Waals surface area contributed by atoms with Crippen LogP contribution >= 0.6 is 0 Å². The number of nitro groups is 1. The molecule has 1 fully saturated rings. The Morgan fingerprint density at radius 1 is 1.14 bits per heavy atom. The number of hydrogen-bond donors (Lipinski definition) is 1. The van der Waals surface area contributed by atoms with Crippen molar-refractivity contribution in [3.8, 4) is 0 Å². The van der Waals surface area contributed by atoms with Gasteiger partial charge < -0.3 is 10.1 Å². The second-order valence-corrected chi connectivity index (χ2v) is 7.04. The Bertz CT molecular complexity index is 889. The van der Waals surface area contributed by atoms with Gasteiger partial charge in [-0.2, -0.15) is 0 Å². The first-order valence-corrected chi connectivity index (χ1v) is 9.20. The molecule has 146 valence electrons. The molecule has 0 unspecified atom stereocenters. The highest BCUT2D eigenvalue weighted by atomic mass is 16.6. The number of amides is 1. The average Bonchev–Trinajstić information content (AvgIpc) is 3.19. The predicted molar refractivity (Wildman–Crippen MR) is 104 cm³/mol. The number of anilines is 1. The van der Waals surface area contributed by atoms with Crippen LogP contribution in [-0.4, -0.2) is 23.4 Å². The third kappa shape index (κ3) is 4.03. The van der Waals surface area contributed by atoms with Crippen LogP contribution in [0.2, 0.25) is 0 Å². The summed E-state index contributed by atoms with van der Waals surface area (Å²) in [5.41, 5.74) is 1.19. The lowest BCUT2D eigenvalue weighted by Crippen LogP contribution is -2.36. The molecule has 28 heavy (non-hydrogen) atoms. The summed E-state index contributed by atoms with van der Waals surface area (Å²) in [4.78, 5) is 35.4. The number of nitro benzene ring substituents is 1. The summed E-state index contributed by atoms with van der Waals surface area (Å²) < 4.78 is 5.36. The third-order valence-electron chi connectivity index (χ3n) is 5.20. The Balaban J connectivity index is 1.64. The summed E-state index contributed by atoms with van der Waals surface area (Å²) in [6.07, 6.45) is 3.30. The van der Waals surface area contributed by atoms with Gasteiger partial charge in [0.15, 0.2) is 6.61 Å². The molecule has 0 aromatic heterocycles. The molecule has 0 heterocycles. The van der Waals surface area contributed by atoms with E-state index in [1.165, 1.54) is 18.2 Å². The molecule has 3 rings (SSSR count). The monoisotopic (exact) mass is 382 g/mol. The third-order valence-corrected chi connectivity index (χ3v) is 5.20. The molecule has 0 radical (unpaired) electrons. The summed E-state index contributed by atoms with van der Waals surface area (Å²) >= 11 is 0. The number of rotatable bonds is 6. The van der Waals surface area contributed by atoms with Crippen LogP contribution in [0.1, 0.15) is 36.8 Å². The van der Waals surface area contributed by atoms with Crippen molar-refractivity contribution in [1.29, 1.82) is 0 Å². The van der Waals surface area contributed by atoms with E-state index in [9.17, 15) is 19.7 Å². The number of esters is 1. The number of hydrogen-bond acceptors (Lipinski definition) is 5. The van der Waals surface area contributed by atoms with Crippen molar-refractivity contribution < 1.29 is 19.2 Å². The number of carbonyl (C=O) groups is 2. The minimum atomic E-state index is -0.690. The lowest BCUT2D eigenvalue weighted by molar-refractivity contribution is -0.384. The maximum absolute atomic E-state index is 12.8. The van der Waals surface area contributed by atoms with Crippen molar-refractivity contribution in [2.75, 3.05) is 11.9 Å². The Hall–Kier alpha value is -3.22. The maximum atomic E-state index is 12.8. The molecule has 2 aromatic carbocycles. The van der Waals surface area contributed by atoms with Crippen LogP contribution < -0.4 is 5.32 Å². The number of benzene rings is 2. The van der Waals surface area contributed by atoms with Crippen molar-refractivity contribution in [3.05, 3.63) is 69.8 Å². The van der Waals surface area contributed by atoms with Crippen LogP contribution in [0.3, 0.4) is 0 Å². The molecule has 7 nitrogen and oxygen atoms in total. The van der Waals surface area contributed by atoms with Crippen molar-refractivity contribution >= 4 is 23.3 Å². The van der Waals surface area contributed by atoms with Crippen LogP contribution in [0.4, 0.5) is 11.4 Å². The highest BCUT2D eigenvalue weighted by molar-refractivity contribution is 5.94. The summed E-state index contributed by atoms with van der Waals surface area (Å²) in [5.74, 6) is -0.863. The zero-order valence-electron chi connectivity index (χ0n) is 15.6. The van der Waals surface area contributed by atoms with Gasteiger partial charge >= 0.3 is 5.97 Å². The lowest BCUT2D eigenvalue weighted by atomic mass is 9.79. The fourth-order valence-corrected chi connectivity index (χ4v) is 3.70. The normalized spacial score (nSPS) is 15.0. The van der Waals surface area contributed by atoms with Crippen molar-refractivity contribution in [3.63, 3.8) is 0 Å². The fourth-order valence-electron chi connectivity index (χ4n) is 3.70. The minimum Gasteiger partial charge on any atom is -0.455 e. The number of nitrogens with one attached hydrogen (secondary N) is 1. The van der Waals surface area contributed by atoms with E-state index in [0.29, 0.717) is 24.1 Å². The van der Waals surface area contributed by atoms with Crippen LogP contribution in [0.15, 0.2) is 48.5 Å². The lowest BCUT2D eigenvalue weighted by Gasteiger charge is -2.27. The second-order valence-electron chi connectivity index (χ2n) is 7.04. The number of aryl methyl sites for hydroxylation is 1. The Labute approximate surface area is 162 Å². The molecule has 2 aromatic rings. The van der Waals surface area contributed by atoms with Gasteiger partial charge in [0.05, 0.1) is 10.3 Å². The number of non-ortho nitro benzene ring substituents is 1. The molecule has 1 N–H and O–H groups in total. The molecule has 0 aliphatic heterocycles. The van der Waals surface area contributed by atoms with Crippen LogP contribution in [0, 0.1) is 17.0 Å². The van der Waals surface area contributed by atoms with Gasteiger partial charge in [-0.05, 0) is 37.0 Å². The van der Waals surface area contributed by atoms with Gasteiger partial charge in [0.25, 0.3) is 11.6 Å². The quantitative estimate of drug-likeness (QED) is 0.464. The summed E-state index contributed by atoms with van der Waals surface area (Å²) in [5, 5.41) is 13.4. The number of ether oxygens (including phenoxy) is 1. The molecule has 0 spiro atoms. The molecule has 1 amide bonds. The van der Waals surface area contributed by atoms with Gasteiger partial charge in [-0.25, -0.2) is 0 Å². The van der Waals surface area contributed by atoms with Crippen LogP contribution in [-0.2, 0) is 19.7 Å². The van der Waals surface area contributed by atoms with Gasteiger partial charge in [0.2, 0.25) is 0 Å². The molecular weight excluding hydrogens is 360 g/mol. The first kappa shape index (κ1) is 19.5. The van der Waals surface area contributed by atoms with E-state index in [0.717, 1.165) is 18.4 Å². The minimum absolute atomic E-state index is 0.0482. The van der Waals surface area contributed by atoms with Gasteiger partial charge in [0, 0.05) is 17.8 Å². The largest absolute Gasteiger partial charge is 0.455 e. The van der Waals surface area contributed by atoms with Crippen LogP contribution in [0.25, 0.3) is 0 Å². The molecule has 0 bridgehead atoms. The van der Waals surface area contributed by atoms with E-state index in [-0.39, 0.29) is 11.7 Å². The Morgan fingerprint density at radius 3 is 2.43 bits per heavy atom. The highest BCUT2D eigenvalue weighted by Crippen LogP contribution is 2.42. The van der Waals surface area contributed by atoms with Gasteiger partial charge in [-0.1, -0.05) is 43.2 Å². The zero-order valence-corrected chi connectivity index (χ0v) is 15.6. The molecular formula is C21H22N2O5. The molecule has 1 aliphatic rings. The number of nitrogens with zero attached hydrogens (tertiary/aromatic N) is 1. The maximum Gasteiger partial charge on any atom is 0.317 e. The summed E-state index contributed by atoms with van der Waals surface area (Å²) in [6, 6.07) is 13.7. The Kier molecular flexibility index (Phi) is 5.73. The SMILES string of the molecule is Cc1cc([N+](=O)[O-])ccc1NC(=O)COC(=O)C1(c2ccccc2)CCCC1. The van der Waals surface area contributed by atoms with Crippen molar-refractivity contribution in [1.82, 2.24) is 0 Å². The topological polar surface area (TPSA) is 98.5 Å². The smallest absolute Gasteiger partial charge is 0.317 e. The summed E-state index contributed by atoms with van der Waals surface area (Å²) in [7, 11) is 0. The molecule has 0 saturated heterocycles. The van der Waals surface area contributed by atoms with E-state index >= 15 is 0 Å². The van der Waals surface area contributed by atoms with E-state index in [4.69, 9.17) is 4.74 Å².